The minimum Gasteiger partial charge on any atom is -0.361 e. The van der Waals surface area contributed by atoms with Gasteiger partial charge in [0, 0.05) is 26.2 Å². The summed E-state index contributed by atoms with van der Waals surface area (Å²) in [6.45, 7) is 3.54. The minimum atomic E-state index is 0.682. The van der Waals surface area contributed by atoms with Crippen LogP contribution >= 0.6 is 12.2 Å². The van der Waals surface area contributed by atoms with Gasteiger partial charge in [0.25, 0.3) is 0 Å². The van der Waals surface area contributed by atoms with Gasteiger partial charge in [-0.05, 0) is 12.2 Å². The summed E-state index contributed by atoms with van der Waals surface area (Å²) in [6.07, 6.45) is 0. The number of rotatable bonds is 2. The van der Waals surface area contributed by atoms with Crippen LogP contribution in [0.2, 0.25) is 0 Å². The summed E-state index contributed by atoms with van der Waals surface area (Å²) >= 11 is 4.97. The van der Waals surface area contributed by atoms with Crippen LogP contribution in [0.1, 0.15) is 0 Å². The van der Waals surface area contributed by atoms with Gasteiger partial charge >= 0.3 is 0 Å². The highest BCUT2D eigenvalue weighted by molar-refractivity contribution is 7.80. The fourth-order valence-corrected chi connectivity index (χ4v) is 1.16. The monoisotopic (exact) mass is 145 g/mol. The molecule has 3 nitrogen and oxygen atoms in total. The number of thiocarbonyl (C=S) groups is 1. The van der Waals surface area contributed by atoms with Crippen molar-refractivity contribution in [1.29, 1.82) is 0 Å². The molecule has 0 radical (unpaired) electrons. The van der Waals surface area contributed by atoms with Crippen molar-refractivity contribution >= 4 is 17.3 Å². The van der Waals surface area contributed by atoms with Gasteiger partial charge in [0.1, 0.15) is 0 Å². The highest BCUT2D eigenvalue weighted by Gasteiger charge is 2.13. The Kier molecular flexibility index (Phi) is 2.24. The fraction of sp³-hybridized carbons (Fsp3) is 0.800. The third-order valence-electron chi connectivity index (χ3n) is 1.34. The first-order valence-electron chi connectivity index (χ1n) is 3.07. The Balaban J connectivity index is 2.31. The number of nitrogens with two attached hydrogens (primary N) is 1. The molecule has 4 heteroatoms. The summed E-state index contributed by atoms with van der Waals surface area (Å²) in [5, 5.41) is 3.90. The maximum Gasteiger partial charge on any atom is 0.169 e. The van der Waals surface area contributed by atoms with E-state index in [0.29, 0.717) is 6.54 Å². The Bertz CT molecular complexity index is 115. The van der Waals surface area contributed by atoms with Crippen LogP contribution in [-0.4, -0.2) is 36.2 Å². The van der Waals surface area contributed by atoms with Gasteiger partial charge in [0.15, 0.2) is 5.11 Å². The normalized spacial score (nSPS) is 18.3. The van der Waals surface area contributed by atoms with Gasteiger partial charge in [-0.15, -0.1) is 0 Å². The molecule has 0 aliphatic carbocycles. The quantitative estimate of drug-likeness (QED) is 0.496. The van der Waals surface area contributed by atoms with Gasteiger partial charge in [-0.1, -0.05) is 0 Å². The average Bonchev–Trinajstić information content (AvgIpc) is 2.18. The van der Waals surface area contributed by atoms with Gasteiger partial charge in [-0.2, -0.15) is 0 Å². The van der Waals surface area contributed by atoms with Gasteiger partial charge < -0.3 is 16.0 Å². The predicted molar refractivity (Wildman–Crippen MR) is 41.2 cm³/mol. The van der Waals surface area contributed by atoms with E-state index < -0.39 is 0 Å². The van der Waals surface area contributed by atoms with E-state index in [0.717, 1.165) is 24.7 Å². The van der Waals surface area contributed by atoms with Crippen LogP contribution in [0.3, 0.4) is 0 Å². The molecule has 0 amide bonds. The molecule has 0 saturated carbocycles. The molecule has 1 rings (SSSR count). The van der Waals surface area contributed by atoms with Gasteiger partial charge in [-0.25, -0.2) is 0 Å². The van der Waals surface area contributed by atoms with Crippen LogP contribution in [-0.2, 0) is 0 Å². The first-order chi connectivity index (χ1) is 4.34. The molecule has 1 saturated heterocycles. The van der Waals surface area contributed by atoms with E-state index in [1.54, 1.807) is 0 Å². The molecule has 0 aromatic rings. The summed E-state index contributed by atoms with van der Waals surface area (Å²) in [5.74, 6) is 0. The number of nitrogens with zero attached hydrogens (tertiary/aromatic N) is 1. The minimum absolute atomic E-state index is 0.682. The lowest BCUT2D eigenvalue weighted by molar-refractivity contribution is 0.479. The molecule has 1 aliphatic rings. The molecule has 0 bridgehead atoms. The molecule has 1 fully saturated rings. The van der Waals surface area contributed by atoms with Crippen molar-refractivity contribution in [1.82, 2.24) is 10.2 Å². The van der Waals surface area contributed by atoms with Crippen molar-refractivity contribution in [3.8, 4) is 0 Å². The second-order valence-electron chi connectivity index (χ2n) is 2.01. The number of hydrogen-bond acceptors (Lipinski definition) is 2. The van der Waals surface area contributed by atoms with Crippen LogP contribution in [0.15, 0.2) is 0 Å². The summed E-state index contributed by atoms with van der Waals surface area (Å²) in [5.41, 5.74) is 5.34. The van der Waals surface area contributed by atoms with Crippen LogP contribution < -0.4 is 11.1 Å². The van der Waals surface area contributed by atoms with E-state index in [9.17, 15) is 0 Å². The van der Waals surface area contributed by atoms with E-state index in [4.69, 9.17) is 18.0 Å². The third kappa shape index (κ3) is 1.53. The zero-order chi connectivity index (χ0) is 6.69. The fourth-order valence-electron chi connectivity index (χ4n) is 0.880. The van der Waals surface area contributed by atoms with Gasteiger partial charge in [0.05, 0.1) is 0 Å². The van der Waals surface area contributed by atoms with Crippen molar-refractivity contribution < 1.29 is 0 Å². The summed E-state index contributed by atoms with van der Waals surface area (Å²) < 4.78 is 0. The second-order valence-corrected chi connectivity index (χ2v) is 2.39. The summed E-state index contributed by atoms with van der Waals surface area (Å²) in [6, 6.07) is 0. The number of nitrogens with one attached hydrogen (secondary N) is 1. The first-order valence-corrected chi connectivity index (χ1v) is 3.48. The highest BCUT2D eigenvalue weighted by atomic mass is 32.1. The van der Waals surface area contributed by atoms with Crippen molar-refractivity contribution in [2.24, 2.45) is 5.73 Å². The average molecular weight is 145 g/mol. The SMILES string of the molecule is NCCN1CCNC1=S. The van der Waals surface area contributed by atoms with Crippen LogP contribution in [0.5, 0.6) is 0 Å². The second kappa shape index (κ2) is 2.98. The van der Waals surface area contributed by atoms with E-state index in [1.807, 2.05) is 0 Å². The van der Waals surface area contributed by atoms with Crippen LogP contribution in [0.25, 0.3) is 0 Å². The lowest BCUT2D eigenvalue weighted by Crippen LogP contribution is -2.32. The van der Waals surface area contributed by atoms with Crippen molar-refractivity contribution in [3.05, 3.63) is 0 Å². The van der Waals surface area contributed by atoms with E-state index in [-0.39, 0.29) is 0 Å². The Morgan fingerprint density at radius 1 is 1.78 bits per heavy atom. The van der Waals surface area contributed by atoms with Crippen LogP contribution in [0, 0.1) is 0 Å². The van der Waals surface area contributed by atoms with Crippen molar-refractivity contribution in [2.75, 3.05) is 26.2 Å². The van der Waals surface area contributed by atoms with Gasteiger partial charge in [-0.3, -0.25) is 0 Å². The predicted octanol–water partition coefficient (Wildman–Crippen LogP) is -0.865. The van der Waals surface area contributed by atoms with Crippen molar-refractivity contribution in [3.63, 3.8) is 0 Å². The lowest BCUT2D eigenvalue weighted by atomic mass is 10.5. The molecule has 0 atom stereocenters. The highest BCUT2D eigenvalue weighted by Crippen LogP contribution is 1.93. The summed E-state index contributed by atoms with van der Waals surface area (Å²) in [4.78, 5) is 2.08. The van der Waals surface area contributed by atoms with E-state index in [2.05, 4.69) is 10.2 Å². The van der Waals surface area contributed by atoms with E-state index in [1.165, 1.54) is 0 Å². The smallest absolute Gasteiger partial charge is 0.169 e. The maximum atomic E-state index is 5.34. The summed E-state index contributed by atoms with van der Waals surface area (Å²) in [7, 11) is 0. The Morgan fingerprint density at radius 2 is 2.56 bits per heavy atom. The molecular formula is C5H11N3S. The topological polar surface area (TPSA) is 41.3 Å². The molecule has 3 N–H and O–H groups in total. The molecule has 0 spiro atoms. The Labute approximate surface area is 60.2 Å². The zero-order valence-corrected chi connectivity index (χ0v) is 6.08. The lowest BCUT2D eigenvalue weighted by Gasteiger charge is -2.13. The number of hydrogen-bond donors (Lipinski definition) is 2. The molecule has 0 aromatic carbocycles. The molecule has 52 valence electrons. The third-order valence-corrected chi connectivity index (χ3v) is 1.75. The molecule has 1 heterocycles. The van der Waals surface area contributed by atoms with Gasteiger partial charge in [0.2, 0.25) is 0 Å². The molecule has 0 aromatic heterocycles. The van der Waals surface area contributed by atoms with Crippen LogP contribution in [0.4, 0.5) is 0 Å². The maximum absolute atomic E-state index is 5.34. The molecule has 9 heavy (non-hydrogen) atoms. The zero-order valence-electron chi connectivity index (χ0n) is 5.26. The van der Waals surface area contributed by atoms with Crippen molar-refractivity contribution in [2.45, 2.75) is 0 Å². The standard InChI is InChI=1S/C5H11N3S/c6-1-3-8-4-2-7-5(8)9/h1-4,6H2,(H,7,9). The molecule has 1 aliphatic heterocycles. The molecular weight excluding hydrogens is 134 g/mol. The Hall–Kier alpha value is -0.350. The molecule has 0 unspecified atom stereocenters. The largest absolute Gasteiger partial charge is 0.361 e. The Morgan fingerprint density at radius 3 is 3.00 bits per heavy atom. The first kappa shape index (κ1) is 6.77. The van der Waals surface area contributed by atoms with E-state index >= 15 is 0 Å².